The smallest absolute Gasteiger partial charge is 0.116 e. The molecule has 3 nitrogen and oxygen atoms in total. The number of nitrogens with zero attached hydrogens (tertiary/aromatic N) is 2. The molecule has 2 aromatic rings. The summed E-state index contributed by atoms with van der Waals surface area (Å²) in [6.45, 7) is 0. The van der Waals surface area contributed by atoms with Crippen LogP contribution in [-0.2, 0) is 7.05 Å². The zero-order valence-corrected chi connectivity index (χ0v) is 9.19. The van der Waals surface area contributed by atoms with Gasteiger partial charge in [0.2, 0.25) is 0 Å². The second kappa shape index (κ2) is 3.46. The van der Waals surface area contributed by atoms with Crippen LogP contribution in [0.5, 0.6) is 5.75 Å². The fourth-order valence-corrected chi connectivity index (χ4v) is 1.55. The van der Waals surface area contributed by atoms with Gasteiger partial charge in [-0.15, -0.1) is 0 Å². The van der Waals surface area contributed by atoms with Crippen LogP contribution < -0.4 is 0 Å². The minimum absolute atomic E-state index is 0.254. The van der Waals surface area contributed by atoms with Crippen LogP contribution in [0, 0.1) is 0 Å². The fraction of sp³-hybridized carbons (Fsp3) is 0.100. The molecule has 0 atom stereocenters. The van der Waals surface area contributed by atoms with Crippen LogP contribution in [-0.4, -0.2) is 14.9 Å². The number of hydrogen-bond acceptors (Lipinski definition) is 2. The normalized spacial score (nSPS) is 10.4. The minimum Gasteiger partial charge on any atom is -0.508 e. The van der Waals surface area contributed by atoms with Gasteiger partial charge in [0.15, 0.2) is 0 Å². The predicted octanol–water partition coefficient (Wildman–Crippen LogP) is 2.56. The van der Waals surface area contributed by atoms with Crippen molar-refractivity contribution in [2.75, 3.05) is 0 Å². The molecule has 14 heavy (non-hydrogen) atoms. The highest BCUT2D eigenvalue weighted by molar-refractivity contribution is 9.10. The lowest BCUT2D eigenvalue weighted by atomic mass is 10.1. The molecular weight excluding hydrogens is 244 g/mol. The number of halogens is 1. The van der Waals surface area contributed by atoms with E-state index in [2.05, 4.69) is 21.0 Å². The molecule has 4 heteroatoms. The molecule has 0 fully saturated rings. The Bertz CT molecular complexity index is 445. The summed E-state index contributed by atoms with van der Waals surface area (Å²) in [5.41, 5.74) is 1.75. The average molecular weight is 253 g/mol. The standard InChI is InChI=1S/C10H9BrN2O/c1-13-10(11)6-9(12-13)7-3-2-4-8(14)5-7/h2-6,14H,1H3. The number of aromatic nitrogens is 2. The van der Waals surface area contributed by atoms with Gasteiger partial charge in [-0.1, -0.05) is 12.1 Å². The van der Waals surface area contributed by atoms with Gasteiger partial charge >= 0.3 is 0 Å². The lowest BCUT2D eigenvalue weighted by Crippen LogP contribution is -1.89. The molecule has 0 aliphatic carbocycles. The summed E-state index contributed by atoms with van der Waals surface area (Å²) in [6.07, 6.45) is 0. The van der Waals surface area contributed by atoms with Gasteiger partial charge in [0.25, 0.3) is 0 Å². The first kappa shape index (κ1) is 9.27. The summed E-state index contributed by atoms with van der Waals surface area (Å²) < 4.78 is 2.65. The van der Waals surface area contributed by atoms with Crippen LogP contribution in [0.25, 0.3) is 11.3 Å². The number of aryl methyl sites for hydroxylation is 1. The Morgan fingerprint density at radius 2 is 2.14 bits per heavy atom. The van der Waals surface area contributed by atoms with Gasteiger partial charge in [-0.3, -0.25) is 4.68 Å². The molecule has 0 saturated heterocycles. The Morgan fingerprint density at radius 1 is 1.36 bits per heavy atom. The number of rotatable bonds is 1. The Kier molecular flexibility index (Phi) is 2.29. The molecule has 2 rings (SSSR count). The minimum atomic E-state index is 0.254. The van der Waals surface area contributed by atoms with Crippen molar-refractivity contribution in [1.29, 1.82) is 0 Å². The predicted molar refractivity (Wildman–Crippen MR) is 58.0 cm³/mol. The lowest BCUT2D eigenvalue weighted by Gasteiger charge is -1.96. The van der Waals surface area contributed by atoms with Gasteiger partial charge in [-0.05, 0) is 34.1 Å². The highest BCUT2D eigenvalue weighted by atomic mass is 79.9. The molecule has 0 bridgehead atoms. The van der Waals surface area contributed by atoms with E-state index in [-0.39, 0.29) is 5.75 Å². The van der Waals surface area contributed by atoms with Crippen molar-refractivity contribution in [2.24, 2.45) is 7.05 Å². The van der Waals surface area contributed by atoms with E-state index < -0.39 is 0 Å². The second-order valence-electron chi connectivity index (χ2n) is 3.03. The van der Waals surface area contributed by atoms with E-state index in [1.807, 2.05) is 19.2 Å². The first-order valence-corrected chi connectivity index (χ1v) is 4.95. The maximum Gasteiger partial charge on any atom is 0.116 e. The lowest BCUT2D eigenvalue weighted by molar-refractivity contribution is 0.475. The van der Waals surface area contributed by atoms with E-state index >= 15 is 0 Å². The molecule has 0 amide bonds. The Labute approximate surface area is 90.1 Å². The maximum absolute atomic E-state index is 9.30. The summed E-state index contributed by atoms with van der Waals surface area (Å²) >= 11 is 3.37. The van der Waals surface area contributed by atoms with Crippen molar-refractivity contribution in [1.82, 2.24) is 9.78 Å². The van der Waals surface area contributed by atoms with Crippen LogP contribution in [0.3, 0.4) is 0 Å². The van der Waals surface area contributed by atoms with Gasteiger partial charge in [0, 0.05) is 12.6 Å². The van der Waals surface area contributed by atoms with E-state index in [4.69, 9.17) is 0 Å². The summed E-state index contributed by atoms with van der Waals surface area (Å²) in [5, 5.41) is 13.6. The molecular formula is C10H9BrN2O. The summed E-state index contributed by atoms with van der Waals surface area (Å²) in [4.78, 5) is 0. The van der Waals surface area contributed by atoms with E-state index in [1.165, 1.54) is 0 Å². The molecule has 0 spiro atoms. The van der Waals surface area contributed by atoms with Gasteiger partial charge in [-0.2, -0.15) is 5.10 Å². The average Bonchev–Trinajstić information content (AvgIpc) is 2.47. The number of aromatic hydroxyl groups is 1. The van der Waals surface area contributed by atoms with Crippen molar-refractivity contribution < 1.29 is 5.11 Å². The molecule has 0 radical (unpaired) electrons. The number of phenolic OH excluding ortho intramolecular Hbond substituents is 1. The van der Waals surface area contributed by atoms with E-state index in [0.29, 0.717) is 0 Å². The first-order valence-electron chi connectivity index (χ1n) is 4.16. The number of benzene rings is 1. The Balaban J connectivity index is 2.49. The van der Waals surface area contributed by atoms with Crippen LogP contribution in [0.1, 0.15) is 0 Å². The van der Waals surface area contributed by atoms with Crippen LogP contribution in [0.2, 0.25) is 0 Å². The molecule has 0 saturated carbocycles. The van der Waals surface area contributed by atoms with E-state index in [0.717, 1.165) is 15.9 Å². The Morgan fingerprint density at radius 3 is 2.71 bits per heavy atom. The number of phenols is 1. The molecule has 72 valence electrons. The van der Waals surface area contributed by atoms with Crippen molar-refractivity contribution in [3.05, 3.63) is 34.9 Å². The molecule has 0 unspecified atom stereocenters. The van der Waals surface area contributed by atoms with Crippen LogP contribution in [0.15, 0.2) is 34.9 Å². The van der Waals surface area contributed by atoms with E-state index in [1.54, 1.807) is 22.9 Å². The largest absolute Gasteiger partial charge is 0.508 e. The quantitative estimate of drug-likeness (QED) is 0.848. The topological polar surface area (TPSA) is 38.0 Å². The highest BCUT2D eigenvalue weighted by Gasteiger charge is 2.04. The monoisotopic (exact) mass is 252 g/mol. The van der Waals surface area contributed by atoms with Crippen molar-refractivity contribution in [2.45, 2.75) is 0 Å². The summed E-state index contributed by atoms with van der Waals surface area (Å²) in [5.74, 6) is 0.254. The molecule has 1 heterocycles. The highest BCUT2D eigenvalue weighted by Crippen LogP contribution is 2.24. The molecule has 1 N–H and O–H groups in total. The second-order valence-corrected chi connectivity index (χ2v) is 3.84. The van der Waals surface area contributed by atoms with Gasteiger partial charge in [0.05, 0.1) is 5.69 Å². The summed E-state index contributed by atoms with van der Waals surface area (Å²) in [6, 6.07) is 8.95. The zero-order valence-electron chi connectivity index (χ0n) is 7.61. The molecule has 0 aliphatic rings. The molecule has 1 aromatic heterocycles. The zero-order chi connectivity index (χ0) is 10.1. The van der Waals surface area contributed by atoms with Crippen LogP contribution >= 0.6 is 15.9 Å². The molecule has 1 aromatic carbocycles. The van der Waals surface area contributed by atoms with Crippen LogP contribution in [0.4, 0.5) is 0 Å². The first-order chi connectivity index (χ1) is 6.66. The Hall–Kier alpha value is -1.29. The van der Waals surface area contributed by atoms with Gasteiger partial charge in [-0.25, -0.2) is 0 Å². The van der Waals surface area contributed by atoms with Crippen molar-refractivity contribution in [3.8, 4) is 17.0 Å². The fourth-order valence-electron chi connectivity index (χ4n) is 1.25. The third-order valence-corrected chi connectivity index (χ3v) is 2.71. The van der Waals surface area contributed by atoms with E-state index in [9.17, 15) is 5.11 Å². The molecule has 0 aliphatic heterocycles. The SMILES string of the molecule is Cn1nc(-c2cccc(O)c2)cc1Br. The van der Waals surface area contributed by atoms with Gasteiger partial charge < -0.3 is 5.11 Å². The number of hydrogen-bond donors (Lipinski definition) is 1. The van der Waals surface area contributed by atoms with Gasteiger partial charge in [0.1, 0.15) is 10.4 Å². The maximum atomic E-state index is 9.30. The third-order valence-electron chi connectivity index (χ3n) is 1.96. The van der Waals surface area contributed by atoms with Crippen molar-refractivity contribution >= 4 is 15.9 Å². The van der Waals surface area contributed by atoms with Crippen molar-refractivity contribution in [3.63, 3.8) is 0 Å². The third kappa shape index (κ3) is 1.65. The summed E-state index contributed by atoms with van der Waals surface area (Å²) in [7, 11) is 1.86.